The molecule has 0 aliphatic carbocycles. The lowest BCUT2D eigenvalue weighted by molar-refractivity contribution is -0.149. The molecular weight excluding hydrogens is 385 g/mol. The van der Waals surface area contributed by atoms with Crippen LogP contribution in [0.15, 0.2) is 54.6 Å². The van der Waals surface area contributed by atoms with Crippen LogP contribution < -0.4 is 5.32 Å². The first-order valence-electron chi connectivity index (χ1n) is 9.08. The predicted molar refractivity (Wildman–Crippen MR) is 99.7 cm³/mol. The fourth-order valence-electron chi connectivity index (χ4n) is 3.63. The van der Waals surface area contributed by atoms with Gasteiger partial charge < -0.3 is 15.0 Å². The van der Waals surface area contributed by atoms with E-state index in [0.29, 0.717) is 0 Å². The molecule has 8 heteroatoms. The molecular formula is C21H21F3N2O3. The highest BCUT2D eigenvalue weighted by molar-refractivity contribution is 5.82. The van der Waals surface area contributed by atoms with E-state index >= 15 is 0 Å². The van der Waals surface area contributed by atoms with Crippen LogP contribution in [0.2, 0.25) is 0 Å². The van der Waals surface area contributed by atoms with E-state index in [1.165, 1.54) is 24.1 Å². The van der Waals surface area contributed by atoms with Gasteiger partial charge in [0, 0.05) is 12.6 Å². The lowest BCUT2D eigenvalue weighted by Crippen LogP contribution is -2.59. The average Bonchev–Trinajstić information content (AvgIpc) is 2.70. The van der Waals surface area contributed by atoms with Crippen LogP contribution in [0.5, 0.6) is 0 Å². The standard InChI is InChI=1S/C21H21F3N2O3/c1-13-17(19(27)29-2)18(15-9-6-10-16(11-15)21(22,23)24)25-20(28)26(13)12-14-7-4-3-5-8-14/h3-11,13,17-18H,12H2,1-2H3,(H,25,28)/t13-,17-,18-/m1/s1. The molecule has 0 radical (unpaired) electrons. The van der Waals surface area contributed by atoms with E-state index in [4.69, 9.17) is 4.74 Å². The number of nitrogens with zero attached hydrogens (tertiary/aromatic N) is 1. The third-order valence-corrected chi connectivity index (χ3v) is 5.15. The summed E-state index contributed by atoms with van der Waals surface area (Å²) in [4.78, 5) is 26.8. The molecule has 3 atom stereocenters. The largest absolute Gasteiger partial charge is 0.469 e. The summed E-state index contributed by atoms with van der Waals surface area (Å²) >= 11 is 0. The first-order valence-corrected chi connectivity index (χ1v) is 9.08. The summed E-state index contributed by atoms with van der Waals surface area (Å²) in [6.07, 6.45) is -4.53. The van der Waals surface area contributed by atoms with Crippen molar-refractivity contribution in [1.29, 1.82) is 0 Å². The van der Waals surface area contributed by atoms with Crippen molar-refractivity contribution in [3.63, 3.8) is 0 Å². The van der Waals surface area contributed by atoms with Crippen molar-refractivity contribution in [2.45, 2.75) is 31.7 Å². The monoisotopic (exact) mass is 406 g/mol. The zero-order valence-corrected chi connectivity index (χ0v) is 15.9. The number of carbonyl (C=O) groups excluding carboxylic acids is 2. The summed E-state index contributed by atoms with van der Waals surface area (Å²) in [7, 11) is 1.22. The molecule has 1 aliphatic rings. The van der Waals surface area contributed by atoms with E-state index in [-0.39, 0.29) is 12.1 Å². The molecule has 1 heterocycles. The minimum absolute atomic E-state index is 0.204. The molecule has 0 aromatic heterocycles. The maximum Gasteiger partial charge on any atom is 0.416 e. The number of carbonyl (C=O) groups is 2. The third-order valence-electron chi connectivity index (χ3n) is 5.15. The Kier molecular flexibility index (Phi) is 5.81. The van der Waals surface area contributed by atoms with Gasteiger partial charge in [-0.2, -0.15) is 13.2 Å². The number of ether oxygens (including phenoxy) is 1. The summed E-state index contributed by atoms with van der Waals surface area (Å²) in [6.45, 7) is 1.96. The number of alkyl halides is 3. The number of nitrogens with one attached hydrogen (secondary N) is 1. The van der Waals surface area contributed by atoms with Crippen LogP contribution in [-0.4, -0.2) is 30.1 Å². The molecule has 3 rings (SSSR count). The summed E-state index contributed by atoms with van der Waals surface area (Å²) in [5.74, 6) is -1.47. The summed E-state index contributed by atoms with van der Waals surface area (Å²) < 4.78 is 44.3. The molecule has 0 saturated carbocycles. The van der Waals surface area contributed by atoms with Gasteiger partial charge in [-0.1, -0.05) is 42.5 Å². The lowest BCUT2D eigenvalue weighted by atomic mass is 9.84. The Morgan fingerprint density at radius 3 is 2.45 bits per heavy atom. The second-order valence-corrected chi connectivity index (χ2v) is 6.95. The second kappa shape index (κ2) is 8.14. The van der Waals surface area contributed by atoms with E-state index in [1.54, 1.807) is 6.92 Å². The van der Waals surface area contributed by atoms with E-state index in [1.807, 2.05) is 30.3 Å². The molecule has 2 aromatic carbocycles. The lowest BCUT2D eigenvalue weighted by Gasteiger charge is -2.43. The van der Waals surface area contributed by atoms with E-state index in [9.17, 15) is 22.8 Å². The zero-order valence-electron chi connectivity index (χ0n) is 15.9. The molecule has 2 aromatic rings. The van der Waals surface area contributed by atoms with Crippen molar-refractivity contribution in [3.05, 3.63) is 71.3 Å². The quantitative estimate of drug-likeness (QED) is 0.776. The molecule has 0 unspecified atom stereocenters. The molecule has 0 bridgehead atoms. The van der Waals surface area contributed by atoms with Gasteiger partial charge in [0.25, 0.3) is 0 Å². The van der Waals surface area contributed by atoms with Crippen LogP contribution in [-0.2, 0) is 22.3 Å². The van der Waals surface area contributed by atoms with Crippen molar-refractivity contribution in [3.8, 4) is 0 Å². The van der Waals surface area contributed by atoms with Crippen molar-refractivity contribution >= 4 is 12.0 Å². The van der Waals surface area contributed by atoms with Crippen molar-refractivity contribution in [2.75, 3.05) is 7.11 Å². The Hall–Kier alpha value is -3.03. The molecule has 1 fully saturated rings. The van der Waals surface area contributed by atoms with Crippen LogP contribution in [0.1, 0.15) is 29.7 Å². The van der Waals surface area contributed by atoms with Gasteiger partial charge in [0.15, 0.2) is 0 Å². The number of rotatable bonds is 4. The first-order chi connectivity index (χ1) is 13.7. The molecule has 154 valence electrons. The maximum absolute atomic E-state index is 13.1. The number of hydrogen-bond donors (Lipinski definition) is 1. The van der Waals surface area contributed by atoms with Crippen molar-refractivity contribution in [2.24, 2.45) is 5.92 Å². The molecule has 1 saturated heterocycles. The van der Waals surface area contributed by atoms with Crippen LogP contribution >= 0.6 is 0 Å². The van der Waals surface area contributed by atoms with Gasteiger partial charge in [0.2, 0.25) is 0 Å². The smallest absolute Gasteiger partial charge is 0.416 e. The summed E-state index contributed by atoms with van der Waals surface area (Å²) in [6, 6.07) is 11.9. The molecule has 2 amide bonds. The Morgan fingerprint density at radius 2 is 1.83 bits per heavy atom. The van der Waals surface area contributed by atoms with Crippen molar-refractivity contribution in [1.82, 2.24) is 10.2 Å². The minimum atomic E-state index is -4.53. The average molecular weight is 406 g/mol. The number of hydrogen-bond acceptors (Lipinski definition) is 3. The molecule has 5 nitrogen and oxygen atoms in total. The Bertz CT molecular complexity index is 886. The van der Waals surface area contributed by atoms with Crippen LogP contribution in [0.25, 0.3) is 0 Å². The normalized spacial score (nSPS) is 22.2. The van der Waals surface area contributed by atoms with Crippen LogP contribution in [0.3, 0.4) is 0 Å². The summed E-state index contributed by atoms with van der Waals surface area (Å²) in [5, 5.41) is 2.70. The molecule has 0 spiro atoms. The maximum atomic E-state index is 13.1. The fraction of sp³-hybridized carbons (Fsp3) is 0.333. The van der Waals surface area contributed by atoms with Crippen molar-refractivity contribution < 1.29 is 27.5 Å². The Balaban J connectivity index is 1.95. The van der Waals surface area contributed by atoms with Gasteiger partial charge in [-0.05, 0) is 30.2 Å². The number of methoxy groups -OCH3 is 1. The highest BCUT2D eigenvalue weighted by Gasteiger charge is 2.45. The second-order valence-electron chi connectivity index (χ2n) is 6.95. The number of halogens is 3. The number of esters is 1. The number of amides is 2. The summed E-state index contributed by atoms with van der Waals surface area (Å²) in [5.41, 5.74) is 0.234. The predicted octanol–water partition coefficient (Wildman–Crippen LogP) is 4.15. The zero-order chi connectivity index (χ0) is 21.2. The van der Waals surface area contributed by atoms with E-state index in [0.717, 1.165) is 17.7 Å². The number of urea groups is 1. The van der Waals surface area contributed by atoms with Crippen LogP contribution in [0, 0.1) is 5.92 Å². The minimum Gasteiger partial charge on any atom is -0.469 e. The van der Waals surface area contributed by atoms with E-state index < -0.39 is 41.7 Å². The highest BCUT2D eigenvalue weighted by atomic mass is 19.4. The Labute approximate surface area is 166 Å². The van der Waals surface area contributed by atoms with Gasteiger partial charge in [0.1, 0.15) is 5.92 Å². The molecule has 1 N–H and O–H groups in total. The number of benzene rings is 2. The SMILES string of the molecule is COC(=O)[C@H]1[C@@H](c2cccc(C(F)(F)F)c2)NC(=O)N(Cc2ccccc2)[C@@H]1C. The van der Waals surface area contributed by atoms with Gasteiger partial charge in [0.05, 0.1) is 18.7 Å². The third kappa shape index (κ3) is 4.36. The van der Waals surface area contributed by atoms with Gasteiger partial charge in [-0.25, -0.2) is 4.79 Å². The van der Waals surface area contributed by atoms with Gasteiger partial charge in [-0.3, -0.25) is 4.79 Å². The molecule has 29 heavy (non-hydrogen) atoms. The van der Waals surface area contributed by atoms with E-state index in [2.05, 4.69) is 5.32 Å². The highest BCUT2D eigenvalue weighted by Crippen LogP contribution is 2.36. The van der Waals surface area contributed by atoms with Crippen LogP contribution in [0.4, 0.5) is 18.0 Å². The van der Waals surface area contributed by atoms with Gasteiger partial charge in [-0.15, -0.1) is 0 Å². The molecule has 1 aliphatic heterocycles. The van der Waals surface area contributed by atoms with Gasteiger partial charge >= 0.3 is 18.2 Å². The Morgan fingerprint density at radius 1 is 1.14 bits per heavy atom. The topological polar surface area (TPSA) is 58.6 Å². The first kappa shape index (κ1) is 20.7. The fourth-order valence-corrected chi connectivity index (χ4v) is 3.63.